The molecule has 0 aliphatic heterocycles. The molecule has 1 N–H and O–H groups in total. The number of carboxylic acid groups (broad SMARTS) is 1. The molecular formula is C12H18O4S. The summed E-state index contributed by atoms with van der Waals surface area (Å²) in [4.78, 5) is 11.9. The molecule has 0 saturated heterocycles. The average molecular weight is 258 g/mol. The summed E-state index contributed by atoms with van der Waals surface area (Å²) in [7, 11) is 0. The zero-order valence-electron chi connectivity index (χ0n) is 10.4. The lowest BCUT2D eigenvalue weighted by atomic mass is 10.2. The van der Waals surface area contributed by atoms with E-state index in [1.807, 2.05) is 20.8 Å². The van der Waals surface area contributed by atoms with Gasteiger partial charge in [0, 0.05) is 4.88 Å². The molecule has 0 fully saturated rings. The molecule has 0 aliphatic carbocycles. The molecule has 0 unspecified atom stereocenters. The van der Waals surface area contributed by atoms with Gasteiger partial charge < -0.3 is 14.6 Å². The van der Waals surface area contributed by atoms with Crippen LogP contribution in [0.1, 0.15) is 35.3 Å². The second-order valence-electron chi connectivity index (χ2n) is 4.58. The SMILES string of the molecule is CC(C)(C)OCCOCc1ccc(C(=O)O)s1. The second-order valence-corrected chi connectivity index (χ2v) is 5.75. The minimum atomic E-state index is -0.891. The van der Waals surface area contributed by atoms with Gasteiger partial charge >= 0.3 is 5.97 Å². The number of hydrogen-bond acceptors (Lipinski definition) is 4. The lowest BCUT2D eigenvalue weighted by Crippen LogP contribution is -2.21. The lowest BCUT2D eigenvalue weighted by Gasteiger charge is -2.19. The minimum Gasteiger partial charge on any atom is -0.477 e. The molecule has 0 aromatic carbocycles. The van der Waals surface area contributed by atoms with Gasteiger partial charge in [-0.15, -0.1) is 11.3 Å². The standard InChI is InChI=1S/C12H18O4S/c1-12(2,3)16-7-6-15-8-9-4-5-10(17-9)11(13)14/h4-5H,6-8H2,1-3H3,(H,13,14). The van der Waals surface area contributed by atoms with Crippen LogP contribution in [-0.4, -0.2) is 29.9 Å². The predicted octanol–water partition coefficient (Wildman–Crippen LogP) is 2.78. The van der Waals surface area contributed by atoms with E-state index in [9.17, 15) is 4.79 Å². The van der Waals surface area contributed by atoms with E-state index in [-0.39, 0.29) is 5.60 Å². The van der Waals surface area contributed by atoms with Gasteiger partial charge in [0.15, 0.2) is 0 Å². The van der Waals surface area contributed by atoms with Crippen LogP contribution in [0, 0.1) is 0 Å². The normalized spacial score (nSPS) is 11.7. The van der Waals surface area contributed by atoms with Crippen LogP contribution in [0.4, 0.5) is 0 Å². The highest BCUT2D eigenvalue weighted by atomic mass is 32.1. The van der Waals surface area contributed by atoms with Gasteiger partial charge in [-0.25, -0.2) is 4.79 Å². The van der Waals surface area contributed by atoms with Crippen LogP contribution in [0.25, 0.3) is 0 Å². The predicted molar refractivity (Wildman–Crippen MR) is 66.6 cm³/mol. The number of aromatic carboxylic acids is 1. The summed E-state index contributed by atoms with van der Waals surface area (Å²) >= 11 is 1.24. The Morgan fingerprint density at radius 2 is 2.06 bits per heavy atom. The summed E-state index contributed by atoms with van der Waals surface area (Å²) in [6.07, 6.45) is 0. The third-order valence-corrected chi connectivity index (χ3v) is 2.93. The largest absolute Gasteiger partial charge is 0.477 e. The average Bonchev–Trinajstić information content (AvgIpc) is 2.64. The Hall–Kier alpha value is -0.910. The van der Waals surface area contributed by atoms with Gasteiger partial charge in [0.25, 0.3) is 0 Å². The third-order valence-electron chi connectivity index (χ3n) is 1.88. The molecule has 17 heavy (non-hydrogen) atoms. The second kappa shape index (κ2) is 6.14. The van der Waals surface area contributed by atoms with Gasteiger partial charge in [-0.1, -0.05) is 0 Å². The van der Waals surface area contributed by atoms with E-state index in [1.165, 1.54) is 11.3 Å². The molecule has 0 spiro atoms. The van der Waals surface area contributed by atoms with Gasteiger partial charge in [-0.05, 0) is 32.9 Å². The molecule has 0 aliphatic rings. The van der Waals surface area contributed by atoms with Crippen LogP contribution in [0.15, 0.2) is 12.1 Å². The topological polar surface area (TPSA) is 55.8 Å². The highest BCUT2D eigenvalue weighted by Gasteiger charge is 2.09. The van der Waals surface area contributed by atoms with Crippen LogP contribution >= 0.6 is 11.3 Å². The maximum absolute atomic E-state index is 10.7. The number of thiophene rings is 1. The summed E-state index contributed by atoms with van der Waals surface area (Å²) < 4.78 is 10.9. The van der Waals surface area contributed by atoms with Crippen molar-refractivity contribution >= 4 is 17.3 Å². The highest BCUT2D eigenvalue weighted by Crippen LogP contribution is 2.17. The Morgan fingerprint density at radius 3 is 2.59 bits per heavy atom. The van der Waals surface area contributed by atoms with Gasteiger partial charge in [0.1, 0.15) is 4.88 Å². The molecule has 5 heteroatoms. The van der Waals surface area contributed by atoms with Gasteiger partial charge in [0.2, 0.25) is 0 Å². The van der Waals surface area contributed by atoms with E-state index in [4.69, 9.17) is 14.6 Å². The summed E-state index contributed by atoms with van der Waals surface area (Å²) in [6.45, 7) is 7.46. The summed E-state index contributed by atoms with van der Waals surface area (Å²) in [6, 6.07) is 3.37. The first-order chi connectivity index (χ1) is 7.88. The monoisotopic (exact) mass is 258 g/mol. The Labute approximate surface area is 105 Å². The zero-order valence-corrected chi connectivity index (χ0v) is 11.2. The van der Waals surface area contributed by atoms with E-state index >= 15 is 0 Å². The van der Waals surface area contributed by atoms with Crippen LogP contribution in [0.2, 0.25) is 0 Å². The molecule has 1 heterocycles. The Morgan fingerprint density at radius 1 is 1.35 bits per heavy atom. The van der Waals surface area contributed by atoms with E-state index in [0.29, 0.717) is 24.7 Å². The molecule has 4 nitrogen and oxygen atoms in total. The van der Waals surface area contributed by atoms with Crippen molar-refractivity contribution in [3.63, 3.8) is 0 Å². The Balaban J connectivity index is 2.20. The number of ether oxygens (including phenoxy) is 2. The van der Waals surface area contributed by atoms with Crippen LogP contribution in [-0.2, 0) is 16.1 Å². The van der Waals surface area contributed by atoms with Crippen LogP contribution in [0.5, 0.6) is 0 Å². The molecule has 1 aromatic rings. The van der Waals surface area contributed by atoms with Gasteiger partial charge in [0.05, 0.1) is 25.4 Å². The molecule has 96 valence electrons. The molecule has 0 saturated carbocycles. The van der Waals surface area contributed by atoms with Crippen molar-refractivity contribution in [2.75, 3.05) is 13.2 Å². The number of carbonyl (C=O) groups is 1. The molecular weight excluding hydrogens is 240 g/mol. The van der Waals surface area contributed by atoms with Crippen molar-refractivity contribution < 1.29 is 19.4 Å². The molecule has 0 atom stereocenters. The third kappa shape index (κ3) is 5.81. The highest BCUT2D eigenvalue weighted by molar-refractivity contribution is 7.13. The van der Waals surface area contributed by atoms with E-state index < -0.39 is 5.97 Å². The summed E-state index contributed by atoms with van der Waals surface area (Å²) in [5.41, 5.74) is -0.150. The maximum Gasteiger partial charge on any atom is 0.345 e. The fraction of sp³-hybridized carbons (Fsp3) is 0.583. The van der Waals surface area contributed by atoms with Crippen molar-refractivity contribution in [2.45, 2.75) is 33.0 Å². The fourth-order valence-electron chi connectivity index (χ4n) is 1.15. The van der Waals surface area contributed by atoms with Gasteiger partial charge in [-0.3, -0.25) is 0 Å². The Kier molecular flexibility index (Phi) is 5.11. The van der Waals surface area contributed by atoms with E-state index in [2.05, 4.69) is 0 Å². The lowest BCUT2D eigenvalue weighted by molar-refractivity contribution is -0.0373. The Bertz CT molecular complexity index is 365. The first-order valence-electron chi connectivity index (χ1n) is 5.42. The van der Waals surface area contributed by atoms with Crippen molar-refractivity contribution in [2.24, 2.45) is 0 Å². The molecule has 0 bridgehead atoms. The maximum atomic E-state index is 10.7. The zero-order chi connectivity index (χ0) is 12.9. The van der Waals surface area contributed by atoms with Crippen molar-refractivity contribution in [1.82, 2.24) is 0 Å². The van der Waals surface area contributed by atoms with Gasteiger partial charge in [-0.2, -0.15) is 0 Å². The first-order valence-corrected chi connectivity index (χ1v) is 6.24. The van der Waals surface area contributed by atoms with Crippen molar-refractivity contribution in [1.29, 1.82) is 0 Å². The van der Waals surface area contributed by atoms with E-state index in [1.54, 1.807) is 12.1 Å². The number of carboxylic acids is 1. The molecule has 1 aromatic heterocycles. The quantitative estimate of drug-likeness (QED) is 0.797. The van der Waals surface area contributed by atoms with Crippen LogP contribution in [0.3, 0.4) is 0 Å². The number of hydrogen-bond donors (Lipinski definition) is 1. The van der Waals surface area contributed by atoms with Crippen molar-refractivity contribution in [3.05, 3.63) is 21.9 Å². The smallest absolute Gasteiger partial charge is 0.345 e. The first kappa shape index (κ1) is 14.2. The summed E-state index contributed by atoms with van der Waals surface area (Å²) in [5, 5.41) is 8.75. The van der Waals surface area contributed by atoms with Crippen molar-refractivity contribution in [3.8, 4) is 0 Å². The number of rotatable bonds is 6. The molecule has 0 radical (unpaired) electrons. The fourth-order valence-corrected chi connectivity index (χ4v) is 1.93. The molecule has 0 amide bonds. The minimum absolute atomic E-state index is 0.150. The molecule has 1 rings (SSSR count). The van der Waals surface area contributed by atoms with E-state index in [0.717, 1.165) is 4.88 Å². The summed E-state index contributed by atoms with van der Waals surface area (Å²) in [5.74, 6) is -0.891. The van der Waals surface area contributed by atoms with Crippen LogP contribution < -0.4 is 0 Å².